The van der Waals surface area contributed by atoms with Gasteiger partial charge in [0.15, 0.2) is 0 Å². The highest BCUT2D eigenvalue weighted by atomic mass is 32.2. The van der Waals surface area contributed by atoms with Crippen LogP contribution in [0.15, 0.2) is 121 Å². The molecule has 0 saturated carbocycles. The lowest BCUT2D eigenvalue weighted by atomic mass is 9.84. The van der Waals surface area contributed by atoms with Crippen molar-refractivity contribution in [2.24, 2.45) is 5.92 Å². The van der Waals surface area contributed by atoms with Gasteiger partial charge in [-0.05, 0) is 35.1 Å². The molecule has 4 rings (SSSR count). The summed E-state index contributed by atoms with van der Waals surface area (Å²) in [4.78, 5) is 53.3. The van der Waals surface area contributed by atoms with E-state index in [1.807, 2.05) is 135 Å². The molecule has 54 heavy (non-hydrogen) atoms. The second-order valence-corrected chi connectivity index (χ2v) is 14.9. The molecule has 0 aliphatic heterocycles. The summed E-state index contributed by atoms with van der Waals surface area (Å²) < 4.78 is 15.4. The van der Waals surface area contributed by atoms with Crippen LogP contribution in [0.4, 0.5) is 4.79 Å². The lowest BCUT2D eigenvalue weighted by Gasteiger charge is -2.36. The summed E-state index contributed by atoms with van der Waals surface area (Å²) in [5.41, 5.74) is 3.72. The minimum atomic E-state index is -1.13. The topological polar surface area (TPSA) is 132 Å². The van der Waals surface area contributed by atoms with E-state index in [1.165, 1.54) is 23.5 Å². The van der Waals surface area contributed by atoms with Crippen LogP contribution in [0.5, 0.6) is 0 Å². The standard InChI is InChI=1S/C42H49N3O7S2/c1-4-51-38(46)25-43-39(47)37(29-54-42(33-19-11-6-12-20-33,34-21-13-7-14-22-34)35-23-15-8-16-24-35)44-40(48)36(28-53-30-50-26-31(2)3)45-41(49)52-27-32-17-9-5-10-18-32/h5-24,31,36-37H,4,25-30H2,1-3H3,(H,43,47)(H,44,48)(H,45,49)/t36-,37+/m1/s1. The Labute approximate surface area is 326 Å². The summed E-state index contributed by atoms with van der Waals surface area (Å²) in [5, 5.41) is 8.21. The van der Waals surface area contributed by atoms with E-state index in [-0.39, 0.29) is 31.3 Å². The quantitative estimate of drug-likeness (QED) is 0.0375. The smallest absolute Gasteiger partial charge is 0.408 e. The van der Waals surface area contributed by atoms with Crippen LogP contribution >= 0.6 is 23.5 Å². The van der Waals surface area contributed by atoms with Gasteiger partial charge in [-0.2, -0.15) is 0 Å². The van der Waals surface area contributed by atoms with Crippen molar-refractivity contribution in [1.82, 2.24) is 16.0 Å². The molecular formula is C42H49N3O7S2. The third kappa shape index (κ3) is 13.0. The zero-order valence-corrected chi connectivity index (χ0v) is 32.5. The summed E-state index contributed by atoms with van der Waals surface area (Å²) in [7, 11) is 0. The molecule has 0 aliphatic rings. The Balaban J connectivity index is 1.63. The summed E-state index contributed by atoms with van der Waals surface area (Å²) in [6.07, 6.45) is -0.781. The average molecular weight is 772 g/mol. The van der Waals surface area contributed by atoms with Gasteiger partial charge in [0, 0.05) is 18.1 Å². The predicted octanol–water partition coefficient (Wildman–Crippen LogP) is 6.53. The van der Waals surface area contributed by atoms with Gasteiger partial charge >= 0.3 is 12.1 Å². The zero-order valence-electron chi connectivity index (χ0n) is 30.9. The van der Waals surface area contributed by atoms with E-state index in [4.69, 9.17) is 14.2 Å². The lowest BCUT2D eigenvalue weighted by molar-refractivity contribution is -0.143. The van der Waals surface area contributed by atoms with Crippen LogP contribution in [-0.2, 0) is 39.9 Å². The zero-order chi connectivity index (χ0) is 38.6. The Morgan fingerprint density at radius 1 is 0.667 bits per heavy atom. The number of alkyl carbamates (subject to hydrolysis) is 1. The number of ether oxygens (including phenoxy) is 3. The van der Waals surface area contributed by atoms with Crippen LogP contribution < -0.4 is 16.0 Å². The van der Waals surface area contributed by atoms with Crippen LogP contribution in [0.2, 0.25) is 0 Å². The molecule has 286 valence electrons. The molecule has 0 spiro atoms. The summed E-state index contributed by atoms with van der Waals surface area (Å²) >= 11 is 2.81. The van der Waals surface area contributed by atoms with E-state index in [1.54, 1.807) is 6.92 Å². The number of carbonyl (C=O) groups excluding carboxylic acids is 4. The third-order valence-electron chi connectivity index (χ3n) is 8.08. The third-order valence-corrected chi connectivity index (χ3v) is 10.6. The summed E-state index contributed by atoms with van der Waals surface area (Å²) in [6.45, 7) is 6.10. The van der Waals surface area contributed by atoms with Gasteiger partial charge in [-0.25, -0.2) is 4.79 Å². The number of amides is 3. The van der Waals surface area contributed by atoms with E-state index in [0.29, 0.717) is 18.5 Å². The second-order valence-electron chi connectivity index (χ2n) is 12.7. The number of carbonyl (C=O) groups is 4. The molecule has 4 aromatic rings. The van der Waals surface area contributed by atoms with E-state index < -0.39 is 40.7 Å². The van der Waals surface area contributed by atoms with Gasteiger partial charge in [0.05, 0.1) is 17.3 Å². The number of esters is 1. The van der Waals surface area contributed by atoms with Crippen LogP contribution in [0.25, 0.3) is 0 Å². The van der Waals surface area contributed by atoms with Gasteiger partial charge < -0.3 is 30.2 Å². The Bertz CT molecular complexity index is 1640. The largest absolute Gasteiger partial charge is 0.465 e. The molecule has 0 aromatic heterocycles. The van der Waals surface area contributed by atoms with Crippen LogP contribution in [0.1, 0.15) is 43.0 Å². The first-order valence-corrected chi connectivity index (χ1v) is 20.0. The first kappa shape index (κ1) is 42.0. The molecule has 0 saturated heterocycles. The lowest BCUT2D eigenvalue weighted by Crippen LogP contribution is -2.56. The monoisotopic (exact) mass is 771 g/mol. The summed E-state index contributed by atoms with van der Waals surface area (Å²) in [5.74, 6) is -0.900. The molecule has 2 atom stereocenters. The average Bonchev–Trinajstić information content (AvgIpc) is 3.20. The van der Waals surface area contributed by atoms with Gasteiger partial charge in [-0.1, -0.05) is 135 Å². The highest BCUT2D eigenvalue weighted by Crippen LogP contribution is 2.48. The Morgan fingerprint density at radius 3 is 1.70 bits per heavy atom. The summed E-state index contributed by atoms with van der Waals surface area (Å²) in [6, 6.07) is 36.9. The van der Waals surface area contributed by atoms with Crippen LogP contribution in [0, 0.1) is 5.92 Å². The number of benzene rings is 4. The molecule has 0 fully saturated rings. The van der Waals surface area contributed by atoms with Crippen molar-refractivity contribution in [3.8, 4) is 0 Å². The van der Waals surface area contributed by atoms with Crippen molar-refractivity contribution in [1.29, 1.82) is 0 Å². The molecule has 10 nitrogen and oxygen atoms in total. The second kappa shape index (κ2) is 22.4. The van der Waals surface area contributed by atoms with Crippen LogP contribution in [0.3, 0.4) is 0 Å². The van der Waals surface area contributed by atoms with Gasteiger partial charge in [-0.3, -0.25) is 14.4 Å². The fourth-order valence-electron chi connectivity index (χ4n) is 5.53. The first-order valence-electron chi connectivity index (χ1n) is 17.9. The molecule has 3 N–H and O–H groups in total. The van der Waals surface area contributed by atoms with Gasteiger partial charge in [0.1, 0.15) is 25.2 Å². The van der Waals surface area contributed by atoms with Gasteiger partial charge in [-0.15, -0.1) is 23.5 Å². The molecule has 0 radical (unpaired) electrons. The van der Waals surface area contributed by atoms with Crippen molar-refractivity contribution in [2.45, 2.75) is 44.2 Å². The van der Waals surface area contributed by atoms with Crippen molar-refractivity contribution >= 4 is 47.4 Å². The Hall–Kier alpha value is -4.78. The number of hydrogen-bond donors (Lipinski definition) is 3. The van der Waals surface area contributed by atoms with E-state index in [0.717, 1.165) is 22.3 Å². The van der Waals surface area contributed by atoms with Crippen molar-refractivity contribution in [3.05, 3.63) is 144 Å². The van der Waals surface area contributed by atoms with Crippen molar-refractivity contribution < 1.29 is 33.4 Å². The first-order chi connectivity index (χ1) is 26.2. The highest BCUT2D eigenvalue weighted by Gasteiger charge is 2.39. The molecule has 12 heteroatoms. The fraction of sp³-hybridized carbons (Fsp3) is 0.333. The molecule has 4 aromatic carbocycles. The number of nitrogens with one attached hydrogen (secondary N) is 3. The molecule has 0 aliphatic carbocycles. The highest BCUT2D eigenvalue weighted by molar-refractivity contribution is 8.00. The van der Waals surface area contributed by atoms with E-state index in [2.05, 4.69) is 16.0 Å². The van der Waals surface area contributed by atoms with Crippen molar-refractivity contribution in [2.75, 3.05) is 37.2 Å². The Kier molecular flexibility index (Phi) is 17.4. The maximum atomic E-state index is 14.1. The minimum Gasteiger partial charge on any atom is -0.465 e. The molecular weight excluding hydrogens is 723 g/mol. The molecule has 0 heterocycles. The maximum absolute atomic E-state index is 14.1. The number of hydrogen-bond acceptors (Lipinski definition) is 9. The van der Waals surface area contributed by atoms with Gasteiger partial charge in [0.2, 0.25) is 11.8 Å². The van der Waals surface area contributed by atoms with Gasteiger partial charge in [0.25, 0.3) is 0 Å². The minimum absolute atomic E-state index is 0.0156. The fourth-order valence-corrected chi connectivity index (χ4v) is 7.87. The van der Waals surface area contributed by atoms with Crippen LogP contribution in [-0.4, -0.2) is 73.2 Å². The molecule has 0 bridgehead atoms. The normalized spacial score (nSPS) is 12.3. The number of thioether (sulfide) groups is 2. The molecule has 3 amide bonds. The molecule has 0 unspecified atom stereocenters. The van der Waals surface area contributed by atoms with E-state index >= 15 is 0 Å². The number of rotatable bonds is 21. The van der Waals surface area contributed by atoms with E-state index in [9.17, 15) is 19.2 Å². The SMILES string of the molecule is CCOC(=O)CNC(=O)[C@H](CSC(c1ccccc1)(c1ccccc1)c1ccccc1)NC(=O)[C@@H](CSCOCC(C)C)NC(=O)OCc1ccccc1. The predicted molar refractivity (Wildman–Crippen MR) is 215 cm³/mol. The Morgan fingerprint density at radius 2 is 1.19 bits per heavy atom. The van der Waals surface area contributed by atoms with Crippen molar-refractivity contribution in [3.63, 3.8) is 0 Å². The maximum Gasteiger partial charge on any atom is 0.408 e.